The van der Waals surface area contributed by atoms with E-state index in [0.717, 1.165) is 0 Å². The van der Waals surface area contributed by atoms with Crippen LogP contribution in [0.3, 0.4) is 0 Å². The van der Waals surface area contributed by atoms with Crippen molar-refractivity contribution in [1.29, 1.82) is 0 Å². The highest BCUT2D eigenvalue weighted by Crippen LogP contribution is 2.18. The monoisotopic (exact) mass is 190 g/mol. The standard InChI is InChI=1S/C4H2Cl4/c5-2-1-3(6)4(7)8/h1-2H/b2-1-. The second-order valence-electron chi connectivity index (χ2n) is 0.901. The zero-order valence-corrected chi connectivity index (χ0v) is 6.69. The molecule has 8 heavy (non-hydrogen) atoms. The first kappa shape index (κ1) is 8.64. The summed E-state index contributed by atoms with van der Waals surface area (Å²) in [6, 6.07) is 0. The summed E-state index contributed by atoms with van der Waals surface area (Å²) >= 11 is 20.9. The zero-order chi connectivity index (χ0) is 6.57. The van der Waals surface area contributed by atoms with Crippen molar-refractivity contribution in [2.45, 2.75) is 0 Å². The van der Waals surface area contributed by atoms with E-state index in [9.17, 15) is 0 Å². The first-order valence-electron chi connectivity index (χ1n) is 1.66. The minimum absolute atomic E-state index is 0.0172. The molecule has 0 aliphatic carbocycles. The van der Waals surface area contributed by atoms with Gasteiger partial charge in [-0.15, -0.1) is 0 Å². The fraction of sp³-hybridized carbons (Fsp3) is 0. The smallest absolute Gasteiger partial charge is 0.0929 e. The Hall–Kier alpha value is 0.640. The second kappa shape index (κ2) is 4.51. The molecule has 0 aromatic rings. The molecule has 0 N–H and O–H groups in total. The van der Waals surface area contributed by atoms with E-state index < -0.39 is 0 Å². The summed E-state index contributed by atoms with van der Waals surface area (Å²) in [6.45, 7) is 0. The van der Waals surface area contributed by atoms with Crippen molar-refractivity contribution in [3.63, 3.8) is 0 Å². The van der Waals surface area contributed by atoms with Crippen LogP contribution >= 0.6 is 46.4 Å². The van der Waals surface area contributed by atoms with E-state index >= 15 is 0 Å². The highest BCUT2D eigenvalue weighted by atomic mass is 35.5. The van der Waals surface area contributed by atoms with Gasteiger partial charge in [0.15, 0.2) is 0 Å². The van der Waals surface area contributed by atoms with E-state index in [1.807, 2.05) is 0 Å². The average molecular weight is 192 g/mol. The van der Waals surface area contributed by atoms with Crippen LogP contribution < -0.4 is 0 Å². The van der Waals surface area contributed by atoms with Gasteiger partial charge < -0.3 is 0 Å². The third-order valence-corrected chi connectivity index (χ3v) is 1.43. The van der Waals surface area contributed by atoms with Gasteiger partial charge in [0.2, 0.25) is 0 Å². The van der Waals surface area contributed by atoms with Gasteiger partial charge in [-0.05, 0) is 6.08 Å². The predicted molar refractivity (Wildman–Crippen MR) is 39.6 cm³/mol. The Morgan fingerprint density at radius 1 is 1.12 bits per heavy atom. The molecule has 0 saturated heterocycles. The normalized spacial score (nSPS) is 10.0. The zero-order valence-electron chi connectivity index (χ0n) is 3.67. The summed E-state index contributed by atoms with van der Waals surface area (Å²) in [5.41, 5.74) is 1.23. The van der Waals surface area contributed by atoms with E-state index in [-0.39, 0.29) is 9.52 Å². The Bertz CT molecular complexity index is 120. The Morgan fingerprint density at radius 2 is 1.62 bits per heavy atom. The van der Waals surface area contributed by atoms with Crippen LogP contribution in [0.4, 0.5) is 0 Å². The summed E-state index contributed by atoms with van der Waals surface area (Å²) in [5.74, 6) is 0. The second-order valence-corrected chi connectivity index (χ2v) is 2.51. The number of hydrogen-bond donors (Lipinski definition) is 0. The van der Waals surface area contributed by atoms with Gasteiger partial charge in [-0.3, -0.25) is 0 Å². The maximum absolute atomic E-state index is 5.36. The molecular weight excluding hydrogens is 190 g/mol. The molecule has 0 fully saturated rings. The third kappa shape index (κ3) is 3.62. The summed E-state index contributed by atoms with van der Waals surface area (Å²) in [4.78, 5) is 0. The van der Waals surface area contributed by atoms with Gasteiger partial charge in [-0.1, -0.05) is 46.4 Å². The Kier molecular flexibility index (Phi) is 4.87. The SMILES string of the molecule is Cl/C=C\C(Cl)=C(Cl)Cl. The number of hydrogen-bond acceptors (Lipinski definition) is 0. The molecule has 0 saturated carbocycles. The van der Waals surface area contributed by atoms with Gasteiger partial charge in [-0.2, -0.15) is 0 Å². The van der Waals surface area contributed by atoms with Crippen molar-refractivity contribution >= 4 is 46.4 Å². The molecule has 0 unspecified atom stereocenters. The third-order valence-electron chi connectivity index (χ3n) is 0.390. The van der Waals surface area contributed by atoms with Crippen molar-refractivity contribution in [3.05, 3.63) is 21.1 Å². The molecule has 0 bridgehead atoms. The summed E-state index contributed by atoms with van der Waals surface area (Å²) in [6.07, 6.45) is 1.39. The van der Waals surface area contributed by atoms with E-state index in [4.69, 9.17) is 46.4 Å². The van der Waals surface area contributed by atoms with Crippen molar-refractivity contribution in [2.24, 2.45) is 0 Å². The number of halogens is 4. The lowest BCUT2D eigenvalue weighted by Crippen LogP contribution is -1.59. The molecule has 46 valence electrons. The molecule has 0 nitrogen and oxygen atoms in total. The van der Waals surface area contributed by atoms with Crippen LogP contribution in [0.2, 0.25) is 0 Å². The molecule has 4 heteroatoms. The molecule has 0 atom stereocenters. The highest BCUT2D eigenvalue weighted by molar-refractivity contribution is 6.59. The van der Waals surface area contributed by atoms with Gasteiger partial charge in [-0.25, -0.2) is 0 Å². The topological polar surface area (TPSA) is 0 Å². The summed E-state index contributed by atoms with van der Waals surface area (Å²) < 4.78 is 0.0172. The summed E-state index contributed by atoms with van der Waals surface area (Å²) in [7, 11) is 0. The average Bonchev–Trinajstić information content (AvgIpc) is 1.67. The maximum atomic E-state index is 5.36. The fourth-order valence-corrected chi connectivity index (χ4v) is 0.498. The maximum Gasteiger partial charge on any atom is 0.125 e. The predicted octanol–water partition coefficient (Wildman–Crippen LogP) is 3.62. The van der Waals surface area contributed by atoms with E-state index in [1.54, 1.807) is 0 Å². The lowest BCUT2D eigenvalue weighted by molar-refractivity contribution is 1.94. The molecule has 0 aromatic carbocycles. The minimum atomic E-state index is 0.0172. The van der Waals surface area contributed by atoms with Crippen molar-refractivity contribution in [3.8, 4) is 0 Å². The quantitative estimate of drug-likeness (QED) is 0.556. The van der Waals surface area contributed by atoms with Crippen LogP contribution in [0.25, 0.3) is 0 Å². The highest BCUT2D eigenvalue weighted by Gasteiger charge is 1.89. The first-order valence-corrected chi connectivity index (χ1v) is 3.23. The molecule has 0 spiro atoms. The Morgan fingerprint density at radius 3 is 1.75 bits per heavy atom. The van der Waals surface area contributed by atoms with Crippen molar-refractivity contribution in [1.82, 2.24) is 0 Å². The van der Waals surface area contributed by atoms with Crippen molar-refractivity contribution in [2.75, 3.05) is 0 Å². The lowest BCUT2D eigenvalue weighted by atomic mass is 10.6. The molecule has 0 heterocycles. The van der Waals surface area contributed by atoms with Gasteiger partial charge in [0.1, 0.15) is 4.49 Å². The van der Waals surface area contributed by atoms with Crippen molar-refractivity contribution < 1.29 is 0 Å². The van der Waals surface area contributed by atoms with E-state index in [2.05, 4.69) is 0 Å². The molecule has 0 aromatic heterocycles. The van der Waals surface area contributed by atoms with Crippen LogP contribution in [-0.4, -0.2) is 0 Å². The fourth-order valence-electron chi connectivity index (χ4n) is 0.118. The number of allylic oxidation sites excluding steroid dienone is 2. The molecule has 0 aliphatic heterocycles. The Labute approximate surface area is 67.7 Å². The summed E-state index contributed by atoms with van der Waals surface area (Å²) in [5, 5.41) is 0.239. The van der Waals surface area contributed by atoms with Gasteiger partial charge >= 0.3 is 0 Å². The molecule has 0 radical (unpaired) electrons. The molecule has 0 rings (SSSR count). The van der Waals surface area contributed by atoms with Crippen LogP contribution in [0.1, 0.15) is 0 Å². The largest absolute Gasteiger partial charge is 0.125 e. The van der Waals surface area contributed by atoms with Crippen LogP contribution in [0.5, 0.6) is 0 Å². The van der Waals surface area contributed by atoms with Gasteiger partial charge in [0.05, 0.1) is 5.03 Å². The molecule has 0 aliphatic rings. The first-order chi connectivity index (χ1) is 3.68. The van der Waals surface area contributed by atoms with Crippen LogP contribution in [0.15, 0.2) is 21.1 Å². The Balaban J connectivity index is 4.00. The van der Waals surface area contributed by atoms with E-state index in [0.29, 0.717) is 0 Å². The van der Waals surface area contributed by atoms with Gasteiger partial charge in [0, 0.05) is 5.54 Å². The van der Waals surface area contributed by atoms with Crippen LogP contribution in [0, 0.1) is 0 Å². The molecule has 0 amide bonds. The van der Waals surface area contributed by atoms with Gasteiger partial charge in [0.25, 0.3) is 0 Å². The number of rotatable bonds is 1. The van der Waals surface area contributed by atoms with Crippen LogP contribution in [-0.2, 0) is 0 Å². The molecular formula is C4H2Cl4. The lowest BCUT2D eigenvalue weighted by Gasteiger charge is -1.83. The van der Waals surface area contributed by atoms with E-state index in [1.165, 1.54) is 11.6 Å². The minimum Gasteiger partial charge on any atom is -0.0929 e.